The summed E-state index contributed by atoms with van der Waals surface area (Å²) in [5.41, 5.74) is 0.746. The number of hydrogen-bond donors (Lipinski definition) is 2. The fourth-order valence-electron chi connectivity index (χ4n) is 0.768. The van der Waals surface area contributed by atoms with Gasteiger partial charge in [0.2, 0.25) is 0 Å². The van der Waals surface area contributed by atoms with Crippen molar-refractivity contribution < 1.29 is 9.22 Å². The monoisotopic (exact) mass is 140 g/mol. The summed E-state index contributed by atoms with van der Waals surface area (Å²) in [5, 5.41) is 11.4. The first kappa shape index (κ1) is 3.98. The Labute approximate surface area is 64.7 Å². The van der Waals surface area contributed by atoms with E-state index in [1.165, 1.54) is 6.07 Å². The third kappa shape index (κ3) is 1.74. The van der Waals surface area contributed by atoms with Crippen molar-refractivity contribution in [3.05, 3.63) is 29.8 Å². The van der Waals surface area contributed by atoms with E-state index in [1.807, 2.05) is 0 Å². The molecule has 0 spiro atoms. The number of phenolic OH excluding ortho intramolecular Hbond substituents is 1. The predicted molar refractivity (Wildman–Crippen MR) is 40.9 cm³/mol. The van der Waals surface area contributed by atoms with Gasteiger partial charge in [0, 0.05) is 10.7 Å². The standard InChI is InChI=1S/C8H11NO/c1-9-6-7-3-2-4-8(10)5-7/h2-5,9-10H,6H2,1H3/i1D3. The van der Waals surface area contributed by atoms with E-state index in [2.05, 4.69) is 5.32 Å². The lowest BCUT2D eigenvalue weighted by molar-refractivity contribution is 0.474. The van der Waals surface area contributed by atoms with Crippen molar-refractivity contribution in [2.75, 3.05) is 6.98 Å². The van der Waals surface area contributed by atoms with Crippen LogP contribution in [0.5, 0.6) is 5.75 Å². The van der Waals surface area contributed by atoms with Gasteiger partial charge in [0.1, 0.15) is 5.75 Å². The Morgan fingerprint density at radius 3 is 3.30 bits per heavy atom. The fourth-order valence-corrected chi connectivity index (χ4v) is 0.768. The average molecular weight is 140 g/mol. The van der Waals surface area contributed by atoms with Gasteiger partial charge in [0.15, 0.2) is 0 Å². The fraction of sp³-hybridized carbons (Fsp3) is 0.250. The molecule has 0 saturated carbocycles. The second-order valence-electron chi connectivity index (χ2n) is 2.02. The van der Waals surface area contributed by atoms with E-state index < -0.39 is 6.98 Å². The van der Waals surface area contributed by atoms with Gasteiger partial charge >= 0.3 is 0 Å². The van der Waals surface area contributed by atoms with Crippen LogP contribution in [-0.4, -0.2) is 12.1 Å². The molecule has 2 N–H and O–H groups in total. The smallest absolute Gasteiger partial charge is 0.115 e. The van der Waals surface area contributed by atoms with Crippen LogP contribution in [0.25, 0.3) is 0 Å². The Morgan fingerprint density at radius 1 is 1.70 bits per heavy atom. The first-order valence-electron chi connectivity index (χ1n) is 4.50. The average Bonchev–Trinajstić information content (AvgIpc) is 2.00. The zero-order chi connectivity index (χ0) is 9.90. The molecule has 0 aromatic heterocycles. The van der Waals surface area contributed by atoms with Crippen molar-refractivity contribution in [2.24, 2.45) is 0 Å². The van der Waals surface area contributed by atoms with Crippen LogP contribution < -0.4 is 5.32 Å². The number of rotatable bonds is 2. The van der Waals surface area contributed by atoms with Crippen LogP contribution in [0.3, 0.4) is 0 Å². The third-order valence-electron chi connectivity index (χ3n) is 1.20. The molecule has 1 aromatic rings. The van der Waals surface area contributed by atoms with Crippen LogP contribution in [0.2, 0.25) is 0 Å². The molecule has 2 nitrogen and oxygen atoms in total. The summed E-state index contributed by atoms with van der Waals surface area (Å²) in [6.45, 7) is -1.91. The van der Waals surface area contributed by atoms with E-state index in [-0.39, 0.29) is 12.3 Å². The summed E-state index contributed by atoms with van der Waals surface area (Å²) >= 11 is 0. The van der Waals surface area contributed by atoms with Crippen LogP contribution in [0, 0.1) is 0 Å². The summed E-state index contributed by atoms with van der Waals surface area (Å²) in [7, 11) is 0. The molecule has 54 valence electrons. The highest BCUT2D eigenvalue weighted by atomic mass is 16.3. The zero-order valence-corrected chi connectivity index (χ0v) is 5.46. The second kappa shape index (κ2) is 3.22. The summed E-state index contributed by atoms with van der Waals surface area (Å²) < 4.78 is 20.7. The molecule has 0 bridgehead atoms. The second-order valence-corrected chi connectivity index (χ2v) is 2.02. The van der Waals surface area contributed by atoms with Gasteiger partial charge in [-0.15, -0.1) is 0 Å². The van der Waals surface area contributed by atoms with Crippen molar-refractivity contribution in [2.45, 2.75) is 6.54 Å². The molecule has 0 unspecified atom stereocenters. The minimum Gasteiger partial charge on any atom is -0.508 e. The SMILES string of the molecule is [2H]C([2H])([2H])NCc1cccc(O)c1. The highest BCUT2D eigenvalue weighted by molar-refractivity contribution is 5.26. The Morgan fingerprint density at radius 2 is 2.60 bits per heavy atom. The van der Waals surface area contributed by atoms with Crippen molar-refractivity contribution in [1.82, 2.24) is 5.32 Å². The molecule has 2 heteroatoms. The van der Waals surface area contributed by atoms with E-state index in [0.717, 1.165) is 5.56 Å². The molecule has 0 aliphatic carbocycles. The lowest BCUT2D eigenvalue weighted by Gasteiger charge is -1.98. The third-order valence-corrected chi connectivity index (χ3v) is 1.20. The molecule has 0 aliphatic heterocycles. The van der Waals surface area contributed by atoms with E-state index in [0.29, 0.717) is 0 Å². The number of benzene rings is 1. The minimum absolute atomic E-state index is 0.143. The van der Waals surface area contributed by atoms with E-state index >= 15 is 0 Å². The minimum atomic E-state index is -2.13. The Kier molecular flexibility index (Phi) is 1.28. The Balaban J connectivity index is 2.55. The molecule has 10 heavy (non-hydrogen) atoms. The largest absolute Gasteiger partial charge is 0.508 e. The molecular weight excluding hydrogens is 126 g/mol. The molecule has 0 amide bonds. The quantitative estimate of drug-likeness (QED) is 0.645. The summed E-state index contributed by atoms with van der Waals surface area (Å²) in [4.78, 5) is 0. The molecule has 0 aliphatic rings. The van der Waals surface area contributed by atoms with Crippen molar-refractivity contribution in [3.63, 3.8) is 0 Å². The van der Waals surface area contributed by atoms with Gasteiger partial charge < -0.3 is 10.4 Å². The Hall–Kier alpha value is -1.02. The molecule has 0 atom stereocenters. The lowest BCUT2D eigenvalue weighted by Crippen LogP contribution is -2.04. The number of phenols is 1. The molecular formula is C8H11NO. The van der Waals surface area contributed by atoms with Crippen molar-refractivity contribution in [3.8, 4) is 5.75 Å². The van der Waals surface area contributed by atoms with E-state index in [1.54, 1.807) is 18.2 Å². The maximum atomic E-state index is 9.07. The Bertz CT molecular complexity index is 285. The number of aromatic hydroxyl groups is 1. The molecule has 0 saturated heterocycles. The summed E-state index contributed by atoms with van der Waals surface area (Å²) in [6, 6.07) is 6.49. The van der Waals surface area contributed by atoms with Crippen LogP contribution in [0.1, 0.15) is 9.68 Å². The van der Waals surface area contributed by atoms with Crippen LogP contribution >= 0.6 is 0 Å². The van der Waals surface area contributed by atoms with Crippen LogP contribution in [0.4, 0.5) is 0 Å². The molecule has 0 fully saturated rings. The number of nitrogens with one attached hydrogen (secondary N) is 1. The van der Waals surface area contributed by atoms with Crippen molar-refractivity contribution >= 4 is 0 Å². The first-order valence-corrected chi connectivity index (χ1v) is 3.00. The predicted octanol–water partition coefficient (Wildman–Crippen LogP) is 1.11. The molecule has 1 aromatic carbocycles. The van der Waals surface area contributed by atoms with Gasteiger partial charge in [0.05, 0.1) is 0 Å². The maximum Gasteiger partial charge on any atom is 0.115 e. The topological polar surface area (TPSA) is 32.3 Å². The van der Waals surface area contributed by atoms with Gasteiger partial charge in [-0.3, -0.25) is 0 Å². The lowest BCUT2D eigenvalue weighted by atomic mass is 10.2. The van der Waals surface area contributed by atoms with E-state index in [4.69, 9.17) is 9.22 Å². The van der Waals surface area contributed by atoms with Gasteiger partial charge in [-0.25, -0.2) is 0 Å². The van der Waals surface area contributed by atoms with E-state index in [9.17, 15) is 0 Å². The number of hydrogen-bond acceptors (Lipinski definition) is 2. The van der Waals surface area contributed by atoms with Gasteiger partial charge in [0.25, 0.3) is 0 Å². The van der Waals surface area contributed by atoms with Crippen LogP contribution in [-0.2, 0) is 6.54 Å². The van der Waals surface area contributed by atoms with Gasteiger partial charge in [-0.05, 0) is 24.7 Å². The molecule has 0 heterocycles. The normalized spacial score (nSPS) is 15.4. The highest BCUT2D eigenvalue weighted by Gasteiger charge is 1.90. The first-order chi connectivity index (χ1) is 5.97. The summed E-state index contributed by atoms with van der Waals surface area (Å²) in [5.74, 6) is 0.143. The maximum absolute atomic E-state index is 9.07. The highest BCUT2D eigenvalue weighted by Crippen LogP contribution is 2.09. The van der Waals surface area contributed by atoms with Crippen molar-refractivity contribution in [1.29, 1.82) is 0 Å². The van der Waals surface area contributed by atoms with Gasteiger partial charge in [-0.1, -0.05) is 12.1 Å². The van der Waals surface area contributed by atoms with Gasteiger partial charge in [-0.2, -0.15) is 0 Å². The van der Waals surface area contributed by atoms with Crippen LogP contribution in [0.15, 0.2) is 24.3 Å². The zero-order valence-electron chi connectivity index (χ0n) is 8.46. The molecule has 0 radical (unpaired) electrons. The molecule has 1 rings (SSSR count). The summed E-state index contributed by atoms with van der Waals surface area (Å²) in [6.07, 6.45) is 0.